The Morgan fingerprint density at radius 1 is 0.457 bits per heavy atom. The van der Waals surface area contributed by atoms with Gasteiger partial charge in [0.05, 0.1) is 0 Å². The van der Waals surface area contributed by atoms with Crippen LogP contribution in [-0.2, 0) is 12.8 Å². The van der Waals surface area contributed by atoms with E-state index >= 15 is 0 Å². The van der Waals surface area contributed by atoms with Crippen molar-refractivity contribution in [2.45, 2.75) is 204 Å². The van der Waals surface area contributed by atoms with E-state index in [0.717, 1.165) is 0 Å². The van der Waals surface area contributed by atoms with Crippen LogP contribution in [0.4, 0.5) is 0 Å². The van der Waals surface area contributed by atoms with Crippen LogP contribution in [0, 0.1) is 0 Å². The topological polar surface area (TPSA) is 0 Å². The molecule has 0 fully saturated rings. The summed E-state index contributed by atoms with van der Waals surface area (Å²) < 4.78 is 4.51. The Morgan fingerprint density at radius 3 is 1.02 bits per heavy atom. The average molecular weight is 879 g/mol. The van der Waals surface area contributed by atoms with Crippen molar-refractivity contribution in [1.82, 2.24) is 0 Å². The first-order chi connectivity index (χ1) is 22.0. The van der Waals surface area contributed by atoms with Crippen molar-refractivity contribution in [2.24, 2.45) is 0 Å². The number of aryl methyl sites for hydroxylation is 2. The van der Waals surface area contributed by atoms with E-state index in [9.17, 15) is 0 Å². The third-order valence-electron chi connectivity index (χ3n) is 8.67. The monoisotopic (exact) mass is 880 g/mol. The molecule has 0 aliphatic carbocycles. The van der Waals surface area contributed by atoms with Crippen molar-refractivity contribution in [1.29, 1.82) is 0 Å². The molecular weight excluding hydrogens is 806 g/mol. The molecule has 2 aromatic rings. The summed E-state index contributed by atoms with van der Waals surface area (Å²) in [6.45, 7) is 19.4. The maximum atomic E-state index is 2.65. The van der Waals surface area contributed by atoms with Gasteiger partial charge in [0.25, 0.3) is 0 Å². The molecule has 0 amide bonds. The van der Waals surface area contributed by atoms with Gasteiger partial charge in [-0.05, 0) is 0 Å². The van der Waals surface area contributed by atoms with Gasteiger partial charge in [0, 0.05) is 0 Å². The minimum absolute atomic E-state index is 0.507. The Balaban J connectivity index is 2.00. The fourth-order valence-electron chi connectivity index (χ4n) is 6.18. The summed E-state index contributed by atoms with van der Waals surface area (Å²) in [5.74, 6) is 0. The zero-order valence-electron chi connectivity index (χ0n) is 31.7. The fraction of sp³-hybridized carbons (Fsp3) is 0.762. The predicted octanol–water partition coefficient (Wildman–Crippen LogP) is 14.0. The first-order valence-corrected chi connectivity index (χ1v) is 26.8. The summed E-state index contributed by atoms with van der Waals surface area (Å²) in [6.07, 6.45) is 36.0. The van der Waals surface area contributed by atoms with Crippen LogP contribution in [-0.4, -0.2) is 42.3 Å². The van der Waals surface area contributed by atoms with Gasteiger partial charge in [-0.25, -0.2) is 0 Å². The Hall–Kier alpha value is 0.737. The zero-order chi connectivity index (χ0) is 33.7. The molecule has 46 heavy (non-hydrogen) atoms. The van der Waals surface area contributed by atoms with Crippen LogP contribution < -0.4 is 5.79 Å². The molecule has 0 N–H and O–H groups in total. The summed E-state index contributed by atoms with van der Waals surface area (Å²) in [7, 11) is 0. The molecule has 2 rings (SSSR count). The van der Waals surface area contributed by atoms with Crippen LogP contribution in [0.3, 0.4) is 0 Å². The molecular formula is C42H72S2Sn2. The van der Waals surface area contributed by atoms with Gasteiger partial charge in [0.15, 0.2) is 0 Å². The van der Waals surface area contributed by atoms with Crippen molar-refractivity contribution in [3.63, 3.8) is 0 Å². The van der Waals surface area contributed by atoms with Crippen molar-refractivity contribution < 1.29 is 0 Å². The molecule has 0 unspecified atom stereocenters. The minimum Gasteiger partial charge on any atom is -0.0654 e. The number of hydrogen-bond acceptors (Lipinski definition) is 2. The normalized spacial score (nSPS) is 12.6. The summed E-state index contributed by atoms with van der Waals surface area (Å²) in [6, 6.07) is 5.29. The molecule has 0 aliphatic rings. The standard InChI is InChI=1S/C34H54S2.2C4H9.2Sn/c1-3-5-7-9-11-13-15-17-19-21-23-31-27-29-35-33(31)25-26-34-32(28-30-36-34)24-22-20-18-16-14-12-10-8-6-4-2;2*1-4(2)3;;/h25-28H,3-24H2,1-2H3;2*1-3H3;;/b26-25+;;;;. The van der Waals surface area contributed by atoms with Crippen molar-refractivity contribution in [3.8, 4) is 0 Å². The van der Waals surface area contributed by atoms with E-state index in [1.54, 1.807) is 26.7 Å². The molecule has 4 radical (unpaired) electrons. The smallest absolute Gasteiger partial charge is 0.0654 e. The van der Waals surface area contributed by atoms with Gasteiger partial charge in [-0.3, -0.25) is 0 Å². The molecule has 0 bridgehead atoms. The summed E-state index contributed by atoms with van der Waals surface area (Å²) in [5, 5.41) is 0. The molecule has 0 nitrogen and oxygen atoms in total. The Labute approximate surface area is 316 Å². The second-order valence-electron chi connectivity index (χ2n) is 15.9. The van der Waals surface area contributed by atoms with Crippen molar-refractivity contribution in [3.05, 3.63) is 33.0 Å². The van der Waals surface area contributed by atoms with E-state index in [0.29, 0.717) is 6.86 Å². The SMILES string of the molecule is CCCCCCCCCCCCc1c[c]([Sn][C](C)(C)C)sc1/C=C/c1s[c]([Sn][C](C)(C)C)cc1CCCCCCCCCCCC. The molecule has 260 valence electrons. The first kappa shape index (κ1) is 42.9. The van der Waals surface area contributed by atoms with E-state index in [1.165, 1.54) is 141 Å². The van der Waals surface area contributed by atoms with Gasteiger partial charge >= 0.3 is 280 Å². The molecule has 2 heterocycles. The quantitative estimate of drug-likeness (QED) is 0.0652. The third kappa shape index (κ3) is 21.1. The van der Waals surface area contributed by atoms with Crippen molar-refractivity contribution in [2.75, 3.05) is 0 Å². The maximum absolute atomic E-state index is 2.65. The molecule has 0 spiro atoms. The fourth-order valence-corrected chi connectivity index (χ4v) is 20.5. The number of unbranched alkanes of at least 4 members (excludes halogenated alkanes) is 18. The van der Waals surface area contributed by atoms with Gasteiger partial charge in [0.2, 0.25) is 0 Å². The minimum atomic E-state index is -0.581. The van der Waals surface area contributed by atoms with Gasteiger partial charge < -0.3 is 0 Å². The molecule has 4 heteroatoms. The first-order valence-electron chi connectivity index (χ1n) is 19.5. The second-order valence-corrected chi connectivity index (χ2v) is 33.2. The van der Waals surface area contributed by atoms with Crippen LogP contribution >= 0.6 is 22.7 Å². The summed E-state index contributed by atoms with van der Waals surface area (Å²) in [4.78, 5) is 3.15. The Bertz CT molecular complexity index is 978. The predicted molar refractivity (Wildman–Crippen MR) is 219 cm³/mol. The van der Waals surface area contributed by atoms with Crippen molar-refractivity contribution >= 4 is 82.9 Å². The van der Waals surface area contributed by atoms with Crippen LogP contribution in [0.15, 0.2) is 12.1 Å². The van der Waals surface area contributed by atoms with Gasteiger partial charge in [0.1, 0.15) is 0 Å². The Kier molecular flexibility index (Phi) is 23.1. The molecule has 0 atom stereocenters. The number of hydrogen-bond donors (Lipinski definition) is 0. The van der Waals surface area contributed by atoms with Crippen LogP contribution in [0.1, 0.15) is 205 Å². The van der Waals surface area contributed by atoms with Crippen LogP contribution in [0.5, 0.6) is 0 Å². The van der Waals surface area contributed by atoms with Gasteiger partial charge in [-0.1, -0.05) is 39.5 Å². The number of rotatable bonds is 26. The van der Waals surface area contributed by atoms with Crippen LogP contribution in [0.25, 0.3) is 12.2 Å². The Morgan fingerprint density at radius 2 is 0.739 bits per heavy atom. The van der Waals surface area contributed by atoms with Gasteiger partial charge in [-0.15, -0.1) is 0 Å². The molecule has 0 aromatic carbocycles. The third-order valence-corrected chi connectivity index (χ3v) is 20.2. The van der Waals surface area contributed by atoms with Gasteiger partial charge in [-0.2, -0.15) is 0 Å². The summed E-state index contributed by atoms with van der Waals surface area (Å²) >= 11 is 3.14. The van der Waals surface area contributed by atoms with E-state index in [1.807, 2.05) is 0 Å². The average Bonchev–Trinajstić information content (AvgIpc) is 3.53. The summed E-state index contributed by atoms with van der Waals surface area (Å²) in [5.41, 5.74) is 3.31. The molecule has 0 saturated carbocycles. The van der Waals surface area contributed by atoms with E-state index in [4.69, 9.17) is 0 Å². The molecule has 0 aliphatic heterocycles. The molecule has 2 aromatic heterocycles. The second kappa shape index (κ2) is 24.8. The van der Waals surface area contributed by atoms with Crippen LogP contribution in [0.2, 0.25) is 6.86 Å². The van der Waals surface area contributed by atoms with E-state index in [-0.39, 0.29) is 0 Å². The zero-order valence-corrected chi connectivity index (χ0v) is 39.0. The molecule has 0 saturated heterocycles. The van der Waals surface area contributed by atoms with E-state index < -0.39 is 42.3 Å². The van der Waals surface area contributed by atoms with E-state index in [2.05, 4.69) is 102 Å². The number of thiophene rings is 2.